The molecule has 92 heavy (non-hydrogen) atoms. The number of esters is 1. The van der Waals surface area contributed by atoms with Crippen molar-refractivity contribution in [1.29, 1.82) is 0 Å². The number of carboxylic acid groups (broad SMARTS) is 3. The number of nitrogens with two attached hydrogens (primary N) is 1. The molecule has 1 aliphatic rings. The van der Waals surface area contributed by atoms with Crippen LogP contribution in [0.5, 0.6) is 0 Å². The van der Waals surface area contributed by atoms with E-state index in [0.29, 0.717) is 49.2 Å². The fourth-order valence-corrected chi connectivity index (χ4v) is 9.30. The van der Waals surface area contributed by atoms with Crippen molar-refractivity contribution in [2.45, 2.75) is 231 Å². The first-order valence-corrected chi connectivity index (χ1v) is 32.0. The fraction of sp³-hybridized carbons (Fsp3) is 0.528. The second-order valence-electron chi connectivity index (χ2n) is 24.2. The van der Waals surface area contributed by atoms with Crippen molar-refractivity contribution in [3.63, 3.8) is 0 Å². The Morgan fingerprint density at radius 2 is 1.05 bits per heavy atom. The third-order valence-corrected chi connectivity index (χ3v) is 14.0. The first kappa shape index (κ1) is 84.6. The van der Waals surface area contributed by atoms with Gasteiger partial charge in [0.1, 0.15) is 35.4 Å². The SMILES string of the molecule is C=CCCCCC[C@H](N)C(=O)O.C=CCCCCC[C@H](N=C(c1ccccc1)c1ccccc1[N-]C(=O)C1CCCN1Cc1ccccc1)C(=O)O.C=CCCCCC[C@H](NC(=O)OC(C)(C)C)C(=O)O.C=CCCCCC[C@H](NC(=O)OC(C)(C)C)C(=O)OC.[Ni]. The maximum atomic E-state index is 13.5. The summed E-state index contributed by atoms with van der Waals surface area (Å²) in [5.41, 5.74) is 7.77. The van der Waals surface area contributed by atoms with Crippen molar-refractivity contribution in [3.05, 3.63) is 158 Å². The van der Waals surface area contributed by atoms with Gasteiger partial charge in [0.15, 0.2) is 0 Å². The zero-order valence-corrected chi connectivity index (χ0v) is 56.7. The molecule has 19 nitrogen and oxygen atoms in total. The summed E-state index contributed by atoms with van der Waals surface area (Å²) >= 11 is 0. The molecule has 3 amide bonds. The maximum Gasteiger partial charge on any atom is 0.408 e. The molecule has 0 radical (unpaired) electrons. The van der Waals surface area contributed by atoms with Gasteiger partial charge in [-0.25, -0.2) is 24.0 Å². The van der Waals surface area contributed by atoms with Crippen LogP contribution in [0.1, 0.15) is 199 Å². The molecule has 514 valence electrons. The molecule has 5 atom stereocenters. The summed E-state index contributed by atoms with van der Waals surface area (Å²) in [6, 6.07) is 23.7. The summed E-state index contributed by atoms with van der Waals surface area (Å²) in [4.78, 5) is 88.9. The first-order chi connectivity index (χ1) is 43.3. The molecule has 1 saturated heterocycles. The van der Waals surface area contributed by atoms with Crippen molar-refractivity contribution >= 4 is 53.4 Å². The number of aliphatic carboxylic acids is 3. The smallest absolute Gasteiger partial charge is 0.408 e. The Labute approximate surface area is 558 Å². The van der Waals surface area contributed by atoms with Gasteiger partial charge in [-0.3, -0.25) is 14.7 Å². The van der Waals surface area contributed by atoms with E-state index in [4.69, 9.17) is 35.1 Å². The molecule has 20 heteroatoms. The molecule has 4 rings (SSSR count). The number of allylic oxidation sites excluding steroid dienone is 4. The van der Waals surface area contributed by atoms with Crippen LogP contribution in [0.15, 0.2) is 141 Å². The van der Waals surface area contributed by atoms with E-state index in [0.717, 1.165) is 128 Å². The molecule has 0 aromatic heterocycles. The van der Waals surface area contributed by atoms with E-state index in [1.165, 1.54) is 12.7 Å². The number of unbranched alkanes of at least 4 members (excludes halogenated alkanes) is 12. The van der Waals surface area contributed by atoms with E-state index in [-0.39, 0.29) is 28.4 Å². The minimum atomic E-state index is -1.03. The number of hydrogen-bond donors (Lipinski definition) is 6. The fourth-order valence-electron chi connectivity index (χ4n) is 9.30. The zero-order valence-electron chi connectivity index (χ0n) is 55.7. The molecule has 0 bridgehead atoms. The largest absolute Gasteiger partial charge is 0.625 e. The van der Waals surface area contributed by atoms with Crippen LogP contribution in [-0.2, 0) is 61.2 Å². The van der Waals surface area contributed by atoms with Crippen LogP contribution in [0, 0.1) is 0 Å². The number of rotatable bonds is 37. The third-order valence-electron chi connectivity index (χ3n) is 14.0. The van der Waals surface area contributed by atoms with Crippen LogP contribution in [-0.4, -0.2) is 123 Å². The third kappa shape index (κ3) is 39.8. The van der Waals surface area contributed by atoms with Gasteiger partial charge in [-0.1, -0.05) is 161 Å². The summed E-state index contributed by atoms with van der Waals surface area (Å²) in [5.74, 6) is -3.51. The van der Waals surface area contributed by atoms with Crippen molar-refractivity contribution < 1.29 is 79.6 Å². The molecule has 1 fully saturated rings. The van der Waals surface area contributed by atoms with Gasteiger partial charge >= 0.3 is 36.1 Å². The number of carbonyl (C=O) groups is 7. The Bertz CT molecular complexity index is 2680. The van der Waals surface area contributed by atoms with E-state index in [9.17, 15) is 38.7 Å². The van der Waals surface area contributed by atoms with Gasteiger partial charge in [-0.2, -0.15) is 0 Å². The van der Waals surface area contributed by atoms with Gasteiger partial charge in [0, 0.05) is 28.6 Å². The predicted molar refractivity (Wildman–Crippen MR) is 363 cm³/mol. The van der Waals surface area contributed by atoms with Crippen LogP contribution in [0.3, 0.4) is 0 Å². The summed E-state index contributed by atoms with van der Waals surface area (Å²) in [6.07, 6.45) is 24.9. The normalized spacial score (nSPS) is 14.0. The molecule has 0 spiro atoms. The number of alkyl carbamates (subject to hydrolysis) is 2. The number of nitrogens with one attached hydrogen (secondary N) is 2. The van der Waals surface area contributed by atoms with Gasteiger partial charge in [0.2, 0.25) is 0 Å². The molecule has 1 aliphatic heterocycles. The van der Waals surface area contributed by atoms with Crippen LogP contribution in [0.25, 0.3) is 5.32 Å². The zero-order chi connectivity index (χ0) is 68.0. The predicted octanol–water partition coefficient (Wildman–Crippen LogP) is 15.1. The Morgan fingerprint density at radius 3 is 1.51 bits per heavy atom. The van der Waals surface area contributed by atoms with Crippen molar-refractivity contribution in [1.82, 2.24) is 15.5 Å². The minimum Gasteiger partial charge on any atom is -0.625 e. The van der Waals surface area contributed by atoms with Gasteiger partial charge in [0.05, 0.1) is 24.8 Å². The van der Waals surface area contributed by atoms with E-state index < -0.39 is 71.4 Å². The second-order valence-corrected chi connectivity index (χ2v) is 24.2. The average Bonchev–Trinajstić information content (AvgIpc) is 1.88. The molecule has 1 unspecified atom stereocenters. The first-order valence-electron chi connectivity index (χ1n) is 32.0. The standard InChI is InChI=1S/C34H39N3O3.C15H27NO4.C14H25NO4.C9H17NO2.Ni/c1-2-3-4-5-12-22-30(34(39)40)35-32(27-18-10-7-11-19-27)28-20-13-14-21-29(28)36-33(38)31-23-15-24-37(31)25-26-16-8-6-9-17-26;1-6-7-8-9-10-11-12(13(17)19-5)16-14(18)20-15(2,3)4;1-5-6-7-8-9-10-11(12(16)17)15-13(18)19-14(2,3)4;1-2-3-4-5-6-7-8(10)9(11)12;/h2,6-11,13-14,16-21,30-31H,1,3-5,12,15,22-25H2,(H2,35,36,38,39,40);6,12H,1,7-11H2,2-5H3,(H,16,18);5,11H,1,6-10H2,2-4H3,(H,15,18)(H,16,17);2,8H,1,3-7,10H2,(H,11,12);/p-1/t30-,31?;12-;11-;8-;/m0000./s1. The molecule has 1 heterocycles. The van der Waals surface area contributed by atoms with Gasteiger partial charge in [0.25, 0.3) is 0 Å². The number of amides is 3. The monoisotopic (exact) mass is 1320 g/mol. The van der Waals surface area contributed by atoms with Crippen LogP contribution in [0.4, 0.5) is 15.3 Å². The number of carbonyl (C=O) groups excluding carboxylic acids is 4. The van der Waals surface area contributed by atoms with Crippen molar-refractivity contribution in [2.75, 3.05) is 13.7 Å². The number of nitrogens with zero attached hydrogens (tertiary/aromatic N) is 3. The van der Waals surface area contributed by atoms with E-state index in [1.54, 1.807) is 41.5 Å². The van der Waals surface area contributed by atoms with Crippen LogP contribution < -0.4 is 16.4 Å². The molecule has 3 aromatic rings. The molecular formula is C72H107N6NiO13-. The molecule has 0 aliphatic carbocycles. The van der Waals surface area contributed by atoms with Gasteiger partial charge in [-0.15, -0.1) is 32.0 Å². The summed E-state index contributed by atoms with van der Waals surface area (Å²) < 4.78 is 14.9. The Morgan fingerprint density at radius 1 is 0.609 bits per heavy atom. The van der Waals surface area contributed by atoms with E-state index >= 15 is 0 Å². The second kappa shape index (κ2) is 49.3. The van der Waals surface area contributed by atoms with E-state index in [2.05, 4.69) is 59.3 Å². The number of para-hydroxylation sites is 1. The van der Waals surface area contributed by atoms with Gasteiger partial charge < -0.3 is 56.0 Å². The summed E-state index contributed by atoms with van der Waals surface area (Å²) in [5, 5.41) is 37.1. The van der Waals surface area contributed by atoms with Crippen LogP contribution in [0.2, 0.25) is 0 Å². The Hall–Kier alpha value is -7.41. The number of carboxylic acids is 3. The molecule has 3 aromatic carbocycles. The van der Waals surface area contributed by atoms with E-state index in [1.807, 2.05) is 97.1 Å². The molecule has 7 N–H and O–H groups in total. The Balaban J connectivity index is 0.00000134. The molecule has 0 saturated carbocycles. The topological polar surface area (TPSA) is 288 Å². The number of likely N-dealkylation sites (tertiary alicyclic amines) is 1. The van der Waals surface area contributed by atoms with Crippen LogP contribution >= 0.6 is 0 Å². The number of methoxy groups -OCH3 is 1. The number of benzene rings is 3. The number of hydrogen-bond acceptors (Lipinski definition) is 13. The van der Waals surface area contributed by atoms with Gasteiger partial charge in [-0.05, 0) is 149 Å². The Kier molecular flexibility index (Phi) is 45.3. The quantitative estimate of drug-likeness (QED) is 0.00781. The summed E-state index contributed by atoms with van der Waals surface area (Å²) in [6.45, 7) is 26.7. The number of aliphatic imine (C=N–C) groups is 1. The van der Waals surface area contributed by atoms with Crippen molar-refractivity contribution in [2.24, 2.45) is 10.7 Å². The molecular weight excluding hydrogens is 1220 g/mol. The van der Waals surface area contributed by atoms with Crippen molar-refractivity contribution in [3.8, 4) is 0 Å². The average molecular weight is 1320 g/mol. The summed E-state index contributed by atoms with van der Waals surface area (Å²) in [7, 11) is 1.31. The maximum absolute atomic E-state index is 13.5. The minimum absolute atomic E-state index is 0. The number of ether oxygens (including phenoxy) is 3.